The SMILES string of the molecule is CON=C1C[C@@H](CC(=O)N[C@H]2[C@@H](C(N)=O)[C@H]3C=C[C@@H]2C3)N(C(=O)c2ccc(-c3ccccc3)cc2)C1. The van der Waals surface area contributed by atoms with E-state index in [1.165, 1.54) is 7.11 Å². The number of rotatable bonds is 7. The molecule has 186 valence electrons. The van der Waals surface area contributed by atoms with Crippen molar-refractivity contribution < 1.29 is 19.2 Å². The highest BCUT2D eigenvalue weighted by molar-refractivity contribution is 6.01. The number of nitrogens with two attached hydrogens (primary N) is 1. The van der Waals surface area contributed by atoms with E-state index in [4.69, 9.17) is 10.6 Å². The molecule has 1 heterocycles. The Balaban J connectivity index is 1.29. The molecule has 3 N–H and O–H groups in total. The molecule has 5 atom stereocenters. The molecule has 0 radical (unpaired) electrons. The fourth-order valence-electron chi connectivity index (χ4n) is 5.86. The van der Waals surface area contributed by atoms with Crippen LogP contribution in [-0.2, 0) is 14.4 Å². The Morgan fingerprint density at radius 2 is 1.72 bits per heavy atom. The second-order valence-corrected chi connectivity index (χ2v) is 9.75. The van der Waals surface area contributed by atoms with Gasteiger partial charge in [0, 0.05) is 30.5 Å². The van der Waals surface area contributed by atoms with E-state index >= 15 is 0 Å². The van der Waals surface area contributed by atoms with Gasteiger partial charge in [-0.05, 0) is 41.5 Å². The van der Waals surface area contributed by atoms with Crippen molar-refractivity contribution in [3.8, 4) is 11.1 Å². The lowest BCUT2D eigenvalue weighted by Crippen LogP contribution is -2.49. The first kappa shape index (κ1) is 23.8. The highest BCUT2D eigenvalue weighted by Gasteiger charge is 2.48. The molecule has 36 heavy (non-hydrogen) atoms. The monoisotopic (exact) mass is 486 g/mol. The zero-order valence-corrected chi connectivity index (χ0v) is 20.2. The van der Waals surface area contributed by atoms with Crippen molar-refractivity contribution in [3.63, 3.8) is 0 Å². The summed E-state index contributed by atoms with van der Waals surface area (Å²) in [4.78, 5) is 45.2. The van der Waals surface area contributed by atoms with E-state index in [0.717, 1.165) is 17.5 Å². The van der Waals surface area contributed by atoms with Gasteiger partial charge in [0.05, 0.1) is 18.2 Å². The lowest BCUT2D eigenvalue weighted by atomic mass is 9.88. The molecule has 3 amide bonds. The molecule has 2 fully saturated rings. The van der Waals surface area contributed by atoms with Crippen LogP contribution < -0.4 is 11.1 Å². The Bertz CT molecular complexity index is 1210. The van der Waals surface area contributed by atoms with Crippen molar-refractivity contribution in [1.82, 2.24) is 10.2 Å². The van der Waals surface area contributed by atoms with Gasteiger partial charge < -0.3 is 20.8 Å². The van der Waals surface area contributed by atoms with Crippen LogP contribution in [0.25, 0.3) is 11.1 Å². The number of primary amides is 1. The fourth-order valence-corrected chi connectivity index (χ4v) is 5.86. The molecule has 1 saturated carbocycles. The third-order valence-electron chi connectivity index (χ3n) is 7.52. The van der Waals surface area contributed by atoms with Gasteiger partial charge in [-0.3, -0.25) is 14.4 Å². The first-order valence-corrected chi connectivity index (χ1v) is 12.3. The summed E-state index contributed by atoms with van der Waals surface area (Å²) in [5.74, 6) is -0.935. The maximum Gasteiger partial charge on any atom is 0.254 e. The number of benzene rings is 2. The summed E-state index contributed by atoms with van der Waals surface area (Å²) in [5.41, 5.74) is 8.99. The predicted molar refractivity (Wildman–Crippen MR) is 136 cm³/mol. The van der Waals surface area contributed by atoms with Gasteiger partial charge in [0.1, 0.15) is 7.11 Å². The normalized spacial score (nSPS) is 27.4. The fraction of sp³-hybridized carbons (Fsp3) is 0.357. The molecule has 2 aromatic rings. The van der Waals surface area contributed by atoms with Crippen LogP contribution in [0.5, 0.6) is 0 Å². The van der Waals surface area contributed by atoms with Gasteiger partial charge in [-0.2, -0.15) is 0 Å². The Hall–Kier alpha value is -3.94. The van der Waals surface area contributed by atoms with E-state index in [1.807, 2.05) is 60.7 Å². The van der Waals surface area contributed by atoms with Gasteiger partial charge in [0.25, 0.3) is 5.91 Å². The summed E-state index contributed by atoms with van der Waals surface area (Å²) >= 11 is 0. The molecular formula is C28H30N4O4. The van der Waals surface area contributed by atoms with Crippen LogP contribution in [-0.4, -0.2) is 54.1 Å². The van der Waals surface area contributed by atoms with Crippen LogP contribution >= 0.6 is 0 Å². The summed E-state index contributed by atoms with van der Waals surface area (Å²) in [6.07, 6.45) is 5.47. The molecule has 0 spiro atoms. The maximum atomic E-state index is 13.5. The van der Waals surface area contributed by atoms with Crippen LogP contribution in [0.15, 0.2) is 71.9 Å². The van der Waals surface area contributed by atoms with Crippen molar-refractivity contribution >= 4 is 23.4 Å². The van der Waals surface area contributed by atoms with Crippen molar-refractivity contribution in [2.24, 2.45) is 28.6 Å². The molecule has 5 rings (SSSR count). The minimum Gasteiger partial charge on any atom is -0.399 e. The Morgan fingerprint density at radius 1 is 1.03 bits per heavy atom. The van der Waals surface area contributed by atoms with Crippen LogP contribution in [0.4, 0.5) is 0 Å². The molecule has 0 unspecified atom stereocenters. The van der Waals surface area contributed by atoms with Crippen molar-refractivity contribution in [2.75, 3.05) is 13.7 Å². The molecular weight excluding hydrogens is 456 g/mol. The highest BCUT2D eigenvalue weighted by Crippen LogP contribution is 2.43. The Labute approximate surface area is 210 Å². The minimum atomic E-state index is -0.390. The van der Waals surface area contributed by atoms with E-state index < -0.39 is 0 Å². The van der Waals surface area contributed by atoms with Crippen molar-refractivity contribution in [1.29, 1.82) is 0 Å². The van der Waals surface area contributed by atoms with Gasteiger partial charge in [0.2, 0.25) is 11.8 Å². The van der Waals surface area contributed by atoms with Gasteiger partial charge >= 0.3 is 0 Å². The number of oxime groups is 1. The number of allylic oxidation sites excluding steroid dienone is 1. The van der Waals surface area contributed by atoms with Crippen LogP contribution in [0, 0.1) is 17.8 Å². The summed E-state index contributed by atoms with van der Waals surface area (Å²) < 4.78 is 0. The average Bonchev–Trinajstić information content (AvgIpc) is 3.60. The first-order valence-electron chi connectivity index (χ1n) is 12.3. The Kier molecular flexibility index (Phi) is 6.59. The van der Waals surface area contributed by atoms with Crippen molar-refractivity contribution in [2.45, 2.75) is 31.3 Å². The summed E-state index contributed by atoms with van der Waals surface area (Å²) in [5, 5.41) is 7.09. The molecule has 2 aliphatic carbocycles. The number of likely N-dealkylation sites (tertiary alicyclic amines) is 1. The molecule has 2 bridgehead atoms. The van der Waals surface area contributed by atoms with Gasteiger partial charge in [-0.25, -0.2) is 0 Å². The number of fused-ring (bicyclic) bond motifs is 2. The van der Waals surface area contributed by atoms with E-state index in [0.29, 0.717) is 24.2 Å². The lowest BCUT2D eigenvalue weighted by molar-refractivity contribution is -0.125. The second kappa shape index (κ2) is 9.97. The largest absolute Gasteiger partial charge is 0.399 e. The molecule has 1 saturated heterocycles. The molecule has 8 heteroatoms. The van der Waals surface area contributed by atoms with Gasteiger partial charge in [0.15, 0.2) is 0 Å². The molecule has 8 nitrogen and oxygen atoms in total. The molecule has 0 aromatic heterocycles. The highest BCUT2D eigenvalue weighted by atomic mass is 16.6. The minimum absolute atomic E-state index is 0.0849. The number of nitrogens with one attached hydrogen (secondary N) is 1. The number of amides is 3. The standard InChI is InChI=1S/C28H30N4O4/c1-36-31-22-14-23(15-24(33)30-26-21-12-11-20(13-21)25(26)27(29)34)32(16-22)28(35)19-9-7-18(8-10-19)17-5-3-2-4-6-17/h2-12,20-21,23,25-26H,13-16H2,1H3,(H2,29,34)(H,30,33)/t20-,21+,23-,25-,26+/m0/s1. The van der Waals surface area contributed by atoms with Gasteiger partial charge in [-0.15, -0.1) is 0 Å². The van der Waals surface area contributed by atoms with Crippen molar-refractivity contribution in [3.05, 3.63) is 72.3 Å². The van der Waals surface area contributed by atoms with Gasteiger partial charge in [-0.1, -0.05) is 59.8 Å². The quantitative estimate of drug-likeness (QED) is 0.463. The zero-order chi connectivity index (χ0) is 25.2. The number of hydrogen-bond acceptors (Lipinski definition) is 5. The Morgan fingerprint density at radius 3 is 2.42 bits per heavy atom. The maximum absolute atomic E-state index is 13.5. The lowest BCUT2D eigenvalue weighted by Gasteiger charge is -2.28. The summed E-state index contributed by atoms with van der Waals surface area (Å²) in [6, 6.07) is 16.8. The third-order valence-corrected chi connectivity index (χ3v) is 7.52. The topological polar surface area (TPSA) is 114 Å². The number of carbonyl (C=O) groups excluding carboxylic acids is 3. The van der Waals surface area contributed by atoms with Crippen LogP contribution in [0.2, 0.25) is 0 Å². The zero-order valence-electron chi connectivity index (χ0n) is 20.2. The van der Waals surface area contributed by atoms with E-state index in [2.05, 4.69) is 16.5 Å². The summed E-state index contributed by atoms with van der Waals surface area (Å²) in [6.45, 7) is 0.297. The van der Waals surface area contributed by atoms with E-state index in [1.54, 1.807) is 4.90 Å². The molecule has 1 aliphatic heterocycles. The number of carbonyl (C=O) groups is 3. The molecule has 3 aliphatic rings. The summed E-state index contributed by atoms with van der Waals surface area (Å²) in [7, 11) is 1.47. The smallest absolute Gasteiger partial charge is 0.254 e. The third kappa shape index (κ3) is 4.63. The van der Waals surface area contributed by atoms with Crippen LogP contribution in [0.3, 0.4) is 0 Å². The number of hydrogen-bond donors (Lipinski definition) is 2. The van der Waals surface area contributed by atoms with E-state index in [-0.39, 0.29) is 54.0 Å². The van der Waals surface area contributed by atoms with Crippen LogP contribution in [0.1, 0.15) is 29.6 Å². The second-order valence-electron chi connectivity index (χ2n) is 9.75. The number of nitrogens with zero attached hydrogens (tertiary/aromatic N) is 2. The average molecular weight is 487 g/mol. The van der Waals surface area contributed by atoms with E-state index in [9.17, 15) is 14.4 Å². The predicted octanol–water partition coefficient (Wildman–Crippen LogP) is 2.75. The first-order chi connectivity index (χ1) is 17.4. The molecule has 2 aromatic carbocycles.